The molecule has 7 heteroatoms. The number of phenolic OH excluding ortho intramolecular Hbond substituents is 1. The van der Waals surface area contributed by atoms with E-state index < -0.39 is 0 Å². The molecule has 4 aliphatic heterocycles. The molecule has 0 bridgehead atoms. The number of benzene rings is 3. The molecule has 7 nitrogen and oxygen atoms in total. The van der Waals surface area contributed by atoms with Crippen molar-refractivity contribution in [2.75, 3.05) is 31.6 Å². The highest BCUT2D eigenvalue weighted by Crippen LogP contribution is 2.44. The number of hydrogen-bond acceptors (Lipinski definition) is 7. The number of nitrogens with two attached hydrogens (primary N) is 1. The van der Waals surface area contributed by atoms with Crippen LogP contribution in [0.5, 0.6) is 11.5 Å². The number of rotatable bonds is 7. The Labute approximate surface area is 259 Å². The molecule has 4 heterocycles. The van der Waals surface area contributed by atoms with Crippen molar-refractivity contribution < 1.29 is 14.6 Å². The van der Waals surface area contributed by atoms with E-state index in [0.29, 0.717) is 6.54 Å². The van der Waals surface area contributed by atoms with Gasteiger partial charge in [0.25, 0.3) is 0 Å². The maximum atomic E-state index is 9.67. The smallest absolute Gasteiger partial charge is 0.150 e. The standard InChI is InChI=1S/C37H40N4O3/c1-24-3-12-31-33-22-41(23-37(2)13-15-43-16-14-37)21-28(35(33)44-34(31)17-24)20-39-29-8-4-26(5-9-29)32-18-27(19-40-36(32)38)25-6-10-30(42)11-7-25/h3-12,17-19,21-22,35-36,39-40,42H,13-16,20,23,38H2,1-2H3. The number of aromatic hydroxyl groups is 1. The Morgan fingerprint density at radius 3 is 2.50 bits per heavy atom. The molecular weight excluding hydrogens is 548 g/mol. The molecule has 0 aromatic heterocycles. The molecule has 1 fully saturated rings. The molecular formula is C37H40N4O3. The first kappa shape index (κ1) is 28.3. The molecule has 4 aliphatic rings. The summed E-state index contributed by atoms with van der Waals surface area (Å²) in [7, 11) is 0. The summed E-state index contributed by atoms with van der Waals surface area (Å²) in [6.07, 6.45) is 10.3. The number of dihydropyridines is 1. The SMILES string of the molecule is Cc1ccc2c(c1)OC1C(CNc3ccc(C4=CC(c5ccc(O)cc5)=CNC4N)cc3)=CN(CC3(C)CCOCC3)C=C21. The van der Waals surface area contributed by atoms with Gasteiger partial charge in [-0.25, -0.2) is 0 Å². The third-order valence-electron chi connectivity index (χ3n) is 9.19. The Morgan fingerprint density at radius 1 is 0.977 bits per heavy atom. The minimum absolute atomic E-state index is 0.0982. The van der Waals surface area contributed by atoms with Crippen molar-refractivity contribution in [3.63, 3.8) is 0 Å². The lowest BCUT2D eigenvalue weighted by Crippen LogP contribution is -2.38. The number of ether oxygens (including phenoxy) is 2. The van der Waals surface area contributed by atoms with Crippen LogP contribution in [0.25, 0.3) is 16.7 Å². The van der Waals surface area contributed by atoms with Gasteiger partial charge in [-0.15, -0.1) is 0 Å². The second-order valence-corrected chi connectivity index (χ2v) is 12.7. The van der Waals surface area contributed by atoms with E-state index >= 15 is 0 Å². The van der Waals surface area contributed by atoms with Gasteiger partial charge in [0.05, 0.1) is 0 Å². The molecule has 0 aliphatic carbocycles. The van der Waals surface area contributed by atoms with Crippen molar-refractivity contribution in [2.24, 2.45) is 11.1 Å². The molecule has 0 radical (unpaired) electrons. The lowest BCUT2D eigenvalue weighted by atomic mass is 9.81. The van der Waals surface area contributed by atoms with Crippen LogP contribution in [-0.4, -0.2) is 48.6 Å². The highest BCUT2D eigenvalue weighted by Gasteiger charge is 2.37. The van der Waals surface area contributed by atoms with Crippen LogP contribution >= 0.6 is 0 Å². The highest BCUT2D eigenvalue weighted by molar-refractivity contribution is 5.87. The lowest BCUT2D eigenvalue weighted by Gasteiger charge is -2.38. The Hall–Kier alpha value is -4.46. The summed E-state index contributed by atoms with van der Waals surface area (Å²) in [6.45, 7) is 7.77. The number of aryl methyl sites for hydroxylation is 1. The summed E-state index contributed by atoms with van der Waals surface area (Å²) in [4.78, 5) is 2.37. The van der Waals surface area contributed by atoms with Gasteiger partial charge in [-0.1, -0.05) is 43.3 Å². The minimum atomic E-state index is -0.305. The van der Waals surface area contributed by atoms with Crippen LogP contribution in [-0.2, 0) is 4.74 Å². The normalized spacial score (nSPS) is 21.9. The van der Waals surface area contributed by atoms with E-state index in [2.05, 4.69) is 90.3 Å². The number of hydrogen-bond donors (Lipinski definition) is 4. The maximum Gasteiger partial charge on any atom is 0.150 e. The lowest BCUT2D eigenvalue weighted by molar-refractivity contribution is 0.0158. The number of nitrogens with one attached hydrogen (secondary N) is 2. The molecule has 44 heavy (non-hydrogen) atoms. The van der Waals surface area contributed by atoms with E-state index in [4.69, 9.17) is 15.2 Å². The molecule has 0 spiro atoms. The fraction of sp³-hybridized carbons (Fsp3) is 0.297. The molecule has 0 amide bonds. The zero-order valence-corrected chi connectivity index (χ0v) is 25.3. The zero-order valence-electron chi connectivity index (χ0n) is 25.3. The first-order valence-electron chi connectivity index (χ1n) is 15.4. The second kappa shape index (κ2) is 11.6. The molecule has 226 valence electrons. The Morgan fingerprint density at radius 2 is 1.73 bits per heavy atom. The summed E-state index contributed by atoms with van der Waals surface area (Å²) < 4.78 is 12.2. The largest absolute Gasteiger partial charge is 0.508 e. The van der Waals surface area contributed by atoms with Crippen LogP contribution in [0.2, 0.25) is 0 Å². The summed E-state index contributed by atoms with van der Waals surface area (Å²) >= 11 is 0. The van der Waals surface area contributed by atoms with Gasteiger partial charge in [-0.2, -0.15) is 0 Å². The molecule has 2 unspecified atom stereocenters. The number of nitrogens with zero attached hydrogens (tertiary/aromatic N) is 1. The van der Waals surface area contributed by atoms with Crippen molar-refractivity contribution in [2.45, 2.75) is 39.0 Å². The van der Waals surface area contributed by atoms with Gasteiger partial charge in [0, 0.05) is 67.3 Å². The monoisotopic (exact) mass is 588 g/mol. The topological polar surface area (TPSA) is 92.0 Å². The Kier molecular flexibility index (Phi) is 7.44. The van der Waals surface area contributed by atoms with E-state index in [-0.39, 0.29) is 23.4 Å². The number of anilines is 1. The zero-order chi connectivity index (χ0) is 30.3. The van der Waals surface area contributed by atoms with E-state index in [1.54, 1.807) is 12.1 Å². The maximum absolute atomic E-state index is 9.67. The van der Waals surface area contributed by atoms with Crippen molar-refractivity contribution in [3.8, 4) is 11.5 Å². The number of phenols is 1. The summed E-state index contributed by atoms with van der Waals surface area (Å²) in [5.41, 5.74) is 16.6. The Bertz CT molecular complexity index is 1660. The van der Waals surface area contributed by atoms with Crippen molar-refractivity contribution in [1.29, 1.82) is 0 Å². The average molecular weight is 589 g/mol. The van der Waals surface area contributed by atoms with Crippen molar-refractivity contribution in [3.05, 3.63) is 119 Å². The van der Waals surface area contributed by atoms with Crippen LogP contribution < -0.4 is 21.1 Å². The van der Waals surface area contributed by atoms with Crippen molar-refractivity contribution >= 4 is 22.4 Å². The van der Waals surface area contributed by atoms with E-state index in [1.165, 1.54) is 22.3 Å². The fourth-order valence-electron chi connectivity index (χ4n) is 6.54. The Balaban J connectivity index is 1.09. The van der Waals surface area contributed by atoms with E-state index in [1.807, 2.05) is 18.3 Å². The molecule has 2 atom stereocenters. The predicted octanol–water partition coefficient (Wildman–Crippen LogP) is 6.24. The quantitative estimate of drug-likeness (QED) is 0.260. The van der Waals surface area contributed by atoms with Crippen molar-refractivity contribution in [1.82, 2.24) is 10.2 Å². The van der Waals surface area contributed by atoms with Gasteiger partial charge in [0.1, 0.15) is 17.7 Å². The van der Waals surface area contributed by atoms with E-state index in [9.17, 15) is 5.11 Å². The van der Waals surface area contributed by atoms with Crippen LogP contribution in [0, 0.1) is 12.3 Å². The van der Waals surface area contributed by atoms with Gasteiger partial charge in [0.15, 0.2) is 6.10 Å². The average Bonchev–Trinajstić information content (AvgIpc) is 3.38. The minimum Gasteiger partial charge on any atom is -0.508 e. The summed E-state index contributed by atoms with van der Waals surface area (Å²) in [6, 6.07) is 22.1. The van der Waals surface area contributed by atoms with Gasteiger partial charge in [0.2, 0.25) is 0 Å². The van der Waals surface area contributed by atoms with Gasteiger partial charge >= 0.3 is 0 Å². The molecule has 0 saturated carbocycles. The molecule has 7 rings (SSSR count). The van der Waals surface area contributed by atoms with Gasteiger partial charge in [-0.3, -0.25) is 0 Å². The summed E-state index contributed by atoms with van der Waals surface area (Å²) in [5.74, 6) is 1.21. The first-order chi connectivity index (χ1) is 21.3. The predicted molar refractivity (Wildman–Crippen MR) is 177 cm³/mol. The van der Waals surface area contributed by atoms with Crippen LogP contribution in [0.15, 0.2) is 97.0 Å². The summed E-state index contributed by atoms with van der Waals surface area (Å²) in [5, 5.41) is 16.6. The molecule has 3 aromatic rings. The van der Waals surface area contributed by atoms with Crippen LogP contribution in [0.3, 0.4) is 0 Å². The van der Waals surface area contributed by atoms with E-state index in [0.717, 1.165) is 66.3 Å². The molecule has 3 aromatic carbocycles. The molecule has 5 N–H and O–H groups in total. The van der Waals surface area contributed by atoms with Crippen LogP contribution in [0.4, 0.5) is 5.69 Å². The third-order valence-corrected chi connectivity index (χ3v) is 9.19. The third kappa shape index (κ3) is 5.73. The van der Waals surface area contributed by atoms with Gasteiger partial charge in [-0.05, 0) is 89.4 Å². The highest BCUT2D eigenvalue weighted by atomic mass is 16.5. The molecule has 1 saturated heterocycles. The number of fused-ring (bicyclic) bond motifs is 3. The number of allylic oxidation sites excluding steroid dienone is 2. The van der Waals surface area contributed by atoms with Gasteiger partial charge < -0.3 is 35.8 Å². The second-order valence-electron chi connectivity index (χ2n) is 12.7. The first-order valence-corrected chi connectivity index (χ1v) is 15.4. The van der Waals surface area contributed by atoms with Crippen LogP contribution in [0.1, 0.15) is 42.0 Å². The fourth-order valence-corrected chi connectivity index (χ4v) is 6.54.